The second-order valence-electron chi connectivity index (χ2n) is 7.08. The topological polar surface area (TPSA) is 23.8 Å². The standard InChI is InChI=1S/C15H22ClN/c1-14(10-17,2-3-16)15-7-11-4-12(8-15)6-13(5-11)9-15/h11-13H,2-9H2,1H3. The van der Waals surface area contributed by atoms with Crippen LogP contribution in [0.2, 0.25) is 0 Å². The van der Waals surface area contributed by atoms with Gasteiger partial charge in [0.05, 0.1) is 11.5 Å². The highest BCUT2D eigenvalue weighted by atomic mass is 35.5. The first-order valence-corrected chi connectivity index (χ1v) is 7.61. The monoisotopic (exact) mass is 251 g/mol. The summed E-state index contributed by atoms with van der Waals surface area (Å²) < 4.78 is 0. The van der Waals surface area contributed by atoms with Crippen LogP contribution in [0.5, 0.6) is 0 Å². The van der Waals surface area contributed by atoms with Crippen LogP contribution in [0.1, 0.15) is 51.9 Å². The van der Waals surface area contributed by atoms with Crippen LogP contribution in [0.15, 0.2) is 0 Å². The first-order valence-electron chi connectivity index (χ1n) is 7.08. The summed E-state index contributed by atoms with van der Waals surface area (Å²) in [6, 6.07) is 2.65. The smallest absolute Gasteiger partial charge is 0.0693 e. The minimum absolute atomic E-state index is 0.176. The summed E-state index contributed by atoms with van der Waals surface area (Å²) in [4.78, 5) is 0. The van der Waals surface area contributed by atoms with Gasteiger partial charge in [-0.2, -0.15) is 5.26 Å². The van der Waals surface area contributed by atoms with Crippen LogP contribution in [-0.4, -0.2) is 5.88 Å². The van der Waals surface area contributed by atoms with Gasteiger partial charge in [-0.3, -0.25) is 0 Å². The Morgan fingerprint density at radius 1 is 1.18 bits per heavy atom. The van der Waals surface area contributed by atoms with Gasteiger partial charge < -0.3 is 0 Å². The third-order valence-corrected chi connectivity index (χ3v) is 6.24. The van der Waals surface area contributed by atoms with Gasteiger partial charge in [0.1, 0.15) is 0 Å². The summed E-state index contributed by atoms with van der Waals surface area (Å²) in [6.07, 6.45) is 9.13. The molecule has 0 heterocycles. The molecule has 1 atom stereocenters. The fourth-order valence-electron chi connectivity index (χ4n) is 5.42. The van der Waals surface area contributed by atoms with Gasteiger partial charge in [0.15, 0.2) is 0 Å². The lowest BCUT2D eigenvalue weighted by molar-refractivity contribution is -0.107. The second kappa shape index (κ2) is 3.89. The van der Waals surface area contributed by atoms with E-state index in [1.54, 1.807) is 0 Å². The Morgan fingerprint density at radius 3 is 2.00 bits per heavy atom. The first kappa shape index (κ1) is 11.8. The zero-order valence-corrected chi connectivity index (χ0v) is 11.5. The molecule has 0 radical (unpaired) electrons. The molecule has 17 heavy (non-hydrogen) atoms. The molecular formula is C15H22ClN. The quantitative estimate of drug-likeness (QED) is 0.684. The van der Waals surface area contributed by atoms with Crippen LogP contribution >= 0.6 is 11.6 Å². The molecule has 4 bridgehead atoms. The molecule has 4 aliphatic carbocycles. The minimum atomic E-state index is -0.176. The fourth-order valence-corrected chi connectivity index (χ4v) is 5.79. The predicted octanol–water partition coefficient (Wildman–Crippen LogP) is 4.36. The molecule has 4 fully saturated rings. The Kier molecular flexibility index (Phi) is 2.71. The summed E-state index contributed by atoms with van der Waals surface area (Å²) in [5.41, 5.74) is 0.135. The Morgan fingerprint density at radius 2 is 1.65 bits per heavy atom. The zero-order chi connectivity index (χ0) is 12.1. The second-order valence-corrected chi connectivity index (χ2v) is 7.46. The van der Waals surface area contributed by atoms with Crippen molar-refractivity contribution in [1.29, 1.82) is 5.26 Å². The maximum absolute atomic E-state index is 9.67. The largest absolute Gasteiger partial charge is 0.198 e. The van der Waals surface area contributed by atoms with Crippen molar-refractivity contribution >= 4 is 11.6 Å². The molecule has 1 nitrogen and oxygen atoms in total. The van der Waals surface area contributed by atoms with Crippen LogP contribution in [0.25, 0.3) is 0 Å². The minimum Gasteiger partial charge on any atom is -0.198 e. The van der Waals surface area contributed by atoms with Gasteiger partial charge >= 0.3 is 0 Å². The van der Waals surface area contributed by atoms with Crippen molar-refractivity contribution in [3.8, 4) is 6.07 Å². The lowest BCUT2D eigenvalue weighted by Crippen LogP contribution is -2.53. The molecule has 0 aliphatic heterocycles. The van der Waals surface area contributed by atoms with E-state index in [4.69, 9.17) is 11.6 Å². The molecule has 4 saturated carbocycles. The van der Waals surface area contributed by atoms with Crippen molar-refractivity contribution < 1.29 is 0 Å². The van der Waals surface area contributed by atoms with Gasteiger partial charge in [-0.05, 0) is 75.0 Å². The van der Waals surface area contributed by atoms with Gasteiger partial charge in [0, 0.05) is 5.88 Å². The van der Waals surface area contributed by atoms with E-state index in [1.165, 1.54) is 38.5 Å². The molecule has 0 aromatic rings. The van der Waals surface area contributed by atoms with Crippen LogP contribution in [0, 0.1) is 39.9 Å². The van der Waals surface area contributed by atoms with E-state index in [0.717, 1.165) is 24.2 Å². The molecular weight excluding hydrogens is 230 g/mol. The van der Waals surface area contributed by atoms with E-state index >= 15 is 0 Å². The number of nitrogens with zero attached hydrogens (tertiary/aromatic N) is 1. The van der Waals surface area contributed by atoms with Crippen molar-refractivity contribution in [1.82, 2.24) is 0 Å². The van der Waals surface area contributed by atoms with Crippen molar-refractivity contribution in [2.24, 2.45) is 28.6 Å². The average Bonchev–Trinajstić information content (AvgIpc) is 2.27. The molecule has 4 aliphatic rings. The summed E-state index contributed by atoms with van der Waals surface area (Å²) in [5, 5.41) is 9.67. The van der Waals surface area contributed by atoms with E-state index in [9.17, 15) is 5.26 Å². The average molecular weight is 252 g/mol. The van der Waals surface area contributed by atoms with Crippen LogP contribution in [0.3, 0.4) is 0 Å². The maximum Gasteiger partial charge on any atom is 0.0693 e. The highest BCUT2D eigenvalue weighted by Gasteiger charge is 2.58. The molecule has 0 amide bonds. The third kappa shape index (κ3) is 1.64. The molecule has 2 heteroatoms. The van der Waals surface area contributed by atoms with Crippen LogP contribution in [0.4, 0.5) is 0 Å². The Bertz CT molecular complexity index is 321. The highest BCUT2D eigenvalue weighted by molar-refractivity contribution is 6.17. The van der Waals surface area contributed by atoms with E-state index in [0.29, 0.717) is 11.3 Å². The lowest BCUT2D eigenvalue weighted by atomic mass is 9.43. The van der Waals surface area contributed by atoms with Gasteiger partial charge in [-0.1, -0.05) is 0 Å². The number of hydrogen-bond acceptors (Lipinski definition) is 1. The number of alkyl halides is 1. The van der Waals surface area contributed by atoms with Gasteiger partial charge in [0.2, 0.25) is 0 Å². The molecule has 94 valence electrons. The Hall–Kier alpha value is -0.220. The molecule has 0 spiro atoms. The lowest BCUT2D eigenvalue weighted by Gasteiger charge is -2.61. The van der Waals surface area contributed by atoms with Crippen LogP contribution in [-0.2, 0) is 0 Å². The summed E-state index contributed by atoms with van der Waals surface area (Å²) >= 11 is 5.95. The molecule has 0 N–H and O–H groups in total. The molecule has 0 saturated heterocycles. The first-order chi connectivity index (χ1) is 8.11. The van der Waals surface area contributed by atoms with Crippen LogP contribution < -0.4 is 0 Å². The molecule has 4 rings (SSSR count). The fraction of sp³-hybridized carbons (Fsp3) is 0.933. The Balaban J connectivity index is 1.93. The number of rotatable bonds is 3. The predicted molar refractivity (Wildman–Crippen MR) is 69.7 cm³/mol. The number of nitriles is 1. The van der Waals surface area contributed by atoms with Gasteiger partial charge in [-0.25, -0.2) is 0 Å². The summed E-state index contributed by atoms with van der Waals surface area (Å²) in [6.45, 7) is 2.18. The molecule has 0 aromatic carbocycles. The maximum atomic E-state index is 9.67. The molecule has 0 aromatic heterocycles. The zero-order valence-electron chi connectivity index (χ0n) is 10.7. The Labute approximate surface area is 110 Å². The van der Waals surface area contributed by atoms with Crippen molar-refractivity contribution in [3.05, 3.63) is 0 Å². The van der Waals surface area contributed by atoms with E-state index < -0.39 is 0 Å². The van der Waals surface area contributed by atoms with Crippen molar-refractivity contribution in [3.63, 3.8) is 0 Å². The SMILES string of the molecule is CC(C#N)(CCCl)C12CC3CC(CC(C3)C1)C2. The molecule has 1 unspecified atom stereocenters. The van der Waals surface area contributed by atoms with Crippen molar-refractivity contribution in [2.45, 2.75) is 51.9 Å². The third-order valence-electron chi connectivity index (χ3n) is 6.05. The van der Waals surface area contributed by atoms with E-state index in [-0.39, 0.29) is 5.41 Å². The normalized spacial score (nSPS) is 46.5. The highest BCUT2D eigenvalue weighted by Crippen LogP contribution is 2.66. The van der Waals surface area contributed by atoms with Crippen molar-refractivity contribution in [2.75, 3.05) is 5.88 Å². The number of halogens is 1. The summed E-state index contributed by atoms with van der Waals surface area (Å²) in [5.74, 6) is 3.39. The van der Waals surface area contributed by atoms with Gasteiger partial charge in [0.25, 0.3) is 0 Å². The number of hydrogen-bond donors (Lipinski definition) is 0. The summed E-state index contributed by atoms with van der Waals surface area (Å²) in [7, 11) is 0. The van der Waals surface area contributed by atoms with Gasteiger partial charge in [-0.15, -0.1) is 11.6 Å². The van der Waals surface area contributed by atoms with E-state index in [2.05, 4.69) is 13.0 Å². The van der Waals surface area contributed by atoms with E-state index in [1.807, 2.05) is 0 Å².